The summed E-state index contributed by atoms with van der Waals surface area (Å²) in [5, 5.41) is 0. The maximum Gasteiger partial charge on any atom is 0.153 e. The minimum absolute atomic E-state index is 0.674. The summed E-state index contributed by atoms with van der Waals surface area (Å²) in [4.78, 5) is 1.80. The monoisotopic (exact) mass is 131 g/mol. The van der Waals surface area contributed by atoms with Crippen molar-refractivity contribution in [2.24, 2.45) is 0 Å². The van der Waals surface area contributed by atoms with Crippen LogP contribution in [0.5, 0.6) is 0 Å². The third-order valence-corrected chi connectivity index (χ3v) is 1.93. The van der Waals surface area contributed by atoms with Crippen molar-refractivity contribution < 1.29 is 4.39 Å². The van der Waals surface area contributed by atoms with Gasteiger partial charge in [-0.2, -0.15) is 0 Å². The first kappa shape index (κ1) is 7.00. The van der Waals surface area contributed by atoms with Crippen LogP contribution in [0.25, 0.3) is 0 Å². The van der Waals surface area contributed by atoms with Crippen LogP contribution in [0.2, 0.25) is 0 Å². The van der Waals surface area contributed by atoms with E-state index < -0.39 is 6.30 Å². The molecule has 1 nitrogen and oxygen atoms in total. The Balaban J connectivity index is 2.32. The molecule has 9 heavy (non-hydrogen) atoms. The molecule has 1 rings (SSSR count). The van der Waals surface area contributed by atoms with E-state index in [1.54, 1.807) is 4.90 Å². The molecule has 1 atom stereocenters. The number of nitrogens with zero attached hydrogens (tertiary/aromatic N) is 1. The van der Waals surface area contributed by atoms with Crippen molar-refractivity contribution in [2.45, 2.75) is 32.0 Å². The molecule has 1 saturated heterocycles. The molecule has 0 unspecified atom stereocenters. The Kier molecular flexibility index (Phi) is 2.46. The zero-order valence-electron chi connectivity index (χ0n) is 5.94. The Labute approximate surface area is 55.8 Å². The Morgan fingerprint density at radius 3 is 2.89 bits per heavy atom. The molecule has 0 aromatic rings. The quantitative estimate of drug-likeness (QED) is 0.453. The number of alkyl halides is 1. The fraction of sp³-hybridized carbons (Fsp3) is 1.00. The molecule has 0 radical (unpaired) electrons. The smallest absolute Gasteiger partial charge is 0.153 e. The molecule has 0 bridgehead atoms. The van der Waals surface area contributed by atoms with Gasteiger partial charge in [-0.15, -0.1) is 0 Å². The second kappa shape index (κ2) is 3.16. The lowest BCUT2D eigenvalue weighted by Gasteiger charge is -2.16. The lowest BCUT2D eigenvalue weighted by molar-refractivity contribution is 0.112. The lowest BCUT2D eigenvalue weighted by Crippen LogP contribution is -2.26. The van der Waals surface area contributed by atoms with Gasteiger partial charge < -0.3 is 0 Å². The van der Waals surface area contributed by atoms with E-state index in [9.17, 15) is 4.39 Å². The summed E-state index contributed by atoms with van der Waals surface area (Å²) in [6.45, 7) is 0.932. The van der Waals surface area contributed by atoms with E-state index in [4.69, 9.17) is 0 Å². The van der Waals surface area contributed by atoms with Gasteiger partial charge in [0.15, 0.2) is 6.30 Å². The van der Waals surface area contributed by atoms with Crippen LogP contribution in [-0.2, 0) is 0 Å². The zero-order valence-corrected chi connectivity index (χ0v) is 5.94. The fourth-order valence-corrected chi connectivity index (χ4v) is 1.21. The molecular formula is C7H14FN. The summed E-state index contributed by atoms with van der Waals surface area (Å²) in [6.07, 6.45) is 3.48. The predicted molar refractivity (Wildman–Crippen MR) is 36.0 cm³/mol. The van der Waals surface area contributed by atoms with Gasteiger partial charge >= 0.3 is 0 Å². The highest BCUT2D eigenvalue weighted by molar-refractivity contribution is 4.62. The van der Waals surface area contributed by atoms with E-state index in [0.29, 0.717) is 0 Å². The molecule has 54 valence electrons. The maximum atomic E-state index is 12.8. The van der Waals surface area contributed by atoms with Gasteiger partial charge in [0.1, 0.15) is 0 Å². The van der Waals surface area contributed by atoms with Crippen LogP contribution in [0.4, 0.5) is 4.39 Å². The van der Waals surface area contributed by atoms with Crippen LogP contribution in [0, 0.1) is 0 Å². The van der Waals surface area contributed by atoms with Gasteiger partial charge in [-0.1, -0.05) is 6.42 Å². The summed E-state index contributed by atoms with van der Waals surface area (Å²) in [7, 11) is 1.86. The summed E-state index contributed by atoms with van der Waals surface area (Å²) in [5.74, 6) is 0. The molecule has 2 heteroatoms. The minimum atomic E-state index is -0.674. The molecule has 1 aliphatic heterocycles. The molecular weight excluding hydrogens is 117 g/mol. The third kappa shape index (κ3) is 1.94. The first-order valence-electron chi connectivity index (χ1n) is 3.65. The van der Waals surface area contributed by atoms with Crippen LogP contribution < -0.4 is 0 Å². The number of hydrogen-bond donors (Lipinski definition) is 0. The Bertz CT molecular complexity index is 75.0. The van der Waals surface area contributed by atoms with E-state index in [-0.39, 0.29) is 0 Å². The zero-order chi connectivity index (χ0) is 6.69. The highest BCUT2D eigenvalue weighted by Crippen LogP contribution is 2.14. The number of hydrogen-bond acceptors (Lipinski definition) is 1. The number of halogens is 1. The first-order chi connectivity index (χ1) is 4.30. The topological polar surface area (TPSA) is 3.24 Å². The van der Waals surface area contributed by atoms with Crippen molar-refractivity contribution in [1.29, 1.82) is 0 Å². The van der Waals surface area contributed by atoms with Crippen molar-refractivity contribution >= 4 is 0 Å². The molecule has 0 aliphatic carbocycles. The molecule has 0 saturated carbocycles. The minimum Gasteiger partial charge on any atom is -0.277 e. The standard InChI is InChI=1S/C7H14FN/c1-9-6-4-2-3-5-7(9)8/h7H,2-6H2,1H3/t7-/m0/s1. The summed E-state index contributed by atoms with van der Waals surface area (Å²) >= 11 is 0. The van der Waals surface area contributed by atoms with Gasteiger partial charge in [0.05, 0.1) is 0 Å². The normalized spacial score (nSPS) is 32.0. The number of likely N-dealkylation sites (tertiary alicyclic amines) is 1. The highest BCUT2D eigenvalue weighted by atomic mass is 19.1. The van der Waals surface area contributed by atoms with Gasteiger partial charge in [-0.25, -0.2) is 4.39 Å². The summed E-state index contributed by atoms with van der Waals surface area (Å²) in [5.41, 5.74) is 0. The van der Waals surface area contributed by atoms with Crippen LogP contribution >= 0.6 is 0 Å². The van der Waals surface area contributed by atoms with Crippen molar-refractivity contribution in [1.82, 2.24) is 4.90 Å². The molecule has 0 aromatic heterocycles. The molecule has 1 fully saturated rings. The van der Waals surface area contributed by atoms with E-state index >= 15 is 0 Å². The predicted octanol–water partition coefficient (Wildman–Crippen LogP) is 1.79. The highest BCUT2D eigenvalue weighted by Gasteiger charge is 2.14. The second-order valence-electron chi connectivity index (χ2n) is 2.76. The van der Waals surface area contributed by atoms with Gasteiger partial charge in [-0.05, 0) is 26.3 Å². The molecule has 1 heterocycles. The van der Waals surface area contributed by atoms with E-state index in [0.717, 1.165) is 25.8 Å². The van der Waals surface area contributed by atoms with Crippen LogP contribution in [0.1, 0.15) is 25.7 Å². The van der Waals surface area contributed by atoms with Crippen LogP contribution in [0.3, 0.4) is 0 Å². The molecule has 1 aliphatic rings. The molecule has 0 amide bonds. The average Bonchev–Trinajstić information content (AvgIpc) is 1.99. The van der Waals surface area contributed by atoms with Crippen molar-refractivity contribution in [3.05, 3.63) is 0 Å². The number of rotatable bonds is 0. The molecule has 0 aromatic carbocycles. The van der Waals surface area contributed by atoms with E-state index in [1.807, 2.05) is 7.05 Å². The van der Waals surface area contributed by atoms with E-state index in [2.05, 4.69) is 0 Å². The van der Waals surface area contributed by atoms with Gasteiger partial charge in [0.2, 0.25) is 0 Å². The molecule has 0 spiro atoms. The average molecular weight is 131 g/mol. The summed E-state index contributed by atoms with van der Waals surface area (Å²) in [6, 6.07) is 0. The van der Waals surface area contributed by atoms with Gasteiger partial charge in [0.25, 0.3) is 0 Å². The van der Waals surface area contributed by atoms with Gasteiger partial charge in [0, 0.05) is 6.54 Å². The van der Waals surface area contributed by atoms with Crippen LogP contribution in [0.15, 0.2) is 0 Å². The Morgan fingerprint density at radius 2 is 2.11 bits per heavy atom. The van der Waals surface area contributed by atoms with Crippen molar-refractivity contribution in [3.63, 3.8) is 0 Å². The third-order valence-electron chi connectivity index (χ3n) is 1.93. The Morgan fingerprint density at radius 1 is 1.33 bits per heavy atom. The van der Waals surface area contributed by atoms with E-state index in [1.165, 1.54) is 6.42 Å². The van der Waals surface area contributed by atoms with Crippen molar-refractivity contribution in [2.75, 3.05) is 13.6 Å². The summed E-state index contributed by atoms with van der Waals surface area (Å²) < 4.78 is 12.8. The Hall–Kier alpha value is -0.110. The SMILES string of the molecule is CN1CCCCC[C@H]1F. The lowest BCUT2D eigenvalue weighted by atomic mass is 10.2. The second-order valence-corrected chi connectivity index (χ2v) is 2.76. The first-order valence-corrected chi connectivity index (χ1v) is 3.65. The maximum absolute atomic E-state index is 12.8. The molecule has 0 N–H and O–H groups in total. The van der Waals surface area contributed by atoms with Crippen LogP contribution in [-0.4, -0.2) is 24.8 Å². The van der Waals surface area contributed by atoms with Crippen molar-refractivity contribution in [3.8, 4) is 0 Å². The fourth-order valence-electron chi connectivity index (χ4n) is 1.21. The van der Waals surface area contributed by atoms with Gasteiger partial charge in [-0.3, -0.25) is 4.90 Å². The largest absolute Gasteiger partial charge is 0.277 e.